The number of aromatic amines is 1. The summed E-state index contributed by atoms with van der Waals surface area (Å²) in [7, 11) is 0. The van der Waals surface area contributed by atoms with Crippen LogP contribution in [0, 0.1) is 17.8 Å². The number of carbonyl (C=O) groups is 12. The molecule has 12 atom stereocenters. The van der Waals surface area contributed by atoms with E-state index in [2.05, 4.69) is 68.5 Å². The number of para-hydroxylation sites is 1. The number of aliphatic hydroxyl groups excluding tert-OH is 1. The Kier molecular flexibility index (Phi) is 35.5. The van der Waals surface area contributed by atoms with E-state index in [1.165, 1.54) is 38.1 Å². The molecule has 23 N–H and O–H groups in total. The van der Waals surface area contributed by atoms with Gasteiger partial charge in [0.05, 0.1) is 18.7 Å². The number of phenols is 1. The van der Waals surface area contributed by atoms with Gasteiger partial charge in [0.25, 0.3) is 0 Å². The number of fused-ring (bicyclic) bond motifs is 1. The first-order chi connectivity index (χ1) is 48.6. The molecular formula is C71H107N17O15. The molecule has 11 amide bonds. The first-order valence-electron chi connectivity index (χ1n) is 34.8. The highest BCUT2D eigenvalue weighted by Gasteiger charge is 2.37. The summed E-state index contributed by atoms with van der Waals surface area (Å²) < 4.78 is 0. The summed E-state index contributed by atoms with van der Waals surface area (Å²) >= 11 is 0. The van der Waals surface area contributed by atoms with Gasteiger partial charge in [-0.2, -0.15) is 0 Å². The zero-order valence-electron chi connectivity index (χ0n) is 60.1. The number of carboxylic acids is 1. The van der Waals surface area contributed by atoms with E-state index < -0.39 is 150 Å². The number of nitrogens with zero attached hydrogens (tertiary/aromatic N) is 1. The summed E-state index contributed by atoms with van der Waals surface area (Å²) in [5, 5.41) is 59.2. The number of guanidine groups is 1. The molecule has 32 nitrogen and oxygen atoms in total. The van der Waals surface area contributed by atoms with Gasteiger partial charge in [0.2, 0.25) is 65.0 Å². The Hall–Kier alpha value is -10.2. The fraction of sp³-hybridized carbons (Fsp3) is 0.535. The molecule has 103 heavy (non-hydrogen) atoms. The minimum atomic E-state index is -1.71. The van der Waals surface area contributed by atoms with Crippen LogP contribution < -0.4 is 81.4 Å². The zero-order valence-corrected chi connectivity index (χ0v) is 60.1. The lowest BCUT2D eigenvalue weighted by Crippen LogP contribution is -2.61. The number of carbonyl (C=O) groups excluding carboxylic acids is 11. The number of H-pyrrole nitrogens is 1. The predicted molar refractivity (Wildman–Crippen MR) is 386 cm³/mol. The van der Waals surface area contributed by atoms with Crippen molar-refractivity contribution in [3.8, 4) is 5.75 Å². The predicted octanol–water partition coefficient (Wildman–Crippen LogP) is -0.981. The molecule has 566 valence electrons. The van der Waals surface area contributed by atoms with Crippen LogP contribution in [0.1, 0.15) is 130 Å². The number of phenolic OH excluding ortho intramolecular Hbond substituents is 1. The molecule has 1 heterocycles. The first-order valence-corrected chi connectivity index (χ1v) is 34.8. The van der Waals surface area contributed by atoms with Crippen LogP contribution in [-0.4, -0.2) is 189 Å². The molecule has 0 radical (unpaired) electrons. The number of aliphatic carboxylic acids is 1. The summed E-state index contributed by atoms with van der Waals surface area (Å²) in [6, 6.07) is 7.09. The molecule has 0 saturated carbocycles. The van der Waals surface area contributed by atoms with Gasteiger partial charge in [-0.25, -0.2) is 4.79 Å². The number of rotatable bonds is 44. The molecule has 0 aliphatic carbocycles. The fourth-order valence-electron chi connectivity index (χ4n) is 11.0. The number of hydrogen-bond acceptors (Lipinski definition) is 17. The highest BCUT2D eigenvalue weighted by atomic mass is 16.4. The van der Waals surface area contributed by atoms with Gasteiger partial charge in [-0.15, -0.1) is 0 Å². The van der Waals surface area contributed by atoms with Crippen molar-refractivity contribution in [1.82, 2.24) is 63.5 Å². The number of nitrogens with one attached hydrogen (secondary N) is 12. The Bertz CT molecular complexity index is 3510. The molecule has 0 saturated heterocycles. The van der Waals surface area contributed by atoms with Gasteiger partial charge in [-0.05, 0) is 138 Å². The summed E-state index contributed by atoms with van der Waals surface area (Å²) in [5.74, 6) is -11.3. The minimum Gasteiger partial charge on any atom is -0.508 e. The lowest BCUT2D eigenvalue weighted by molar-refractivity contribution is -0.145. The van der Waals surface area contributed by atoms with Crippen LogP contribution >= 0.6 is 0 Å². The van der Waals surface area contributed by atoms with Crippen LogP contribution in [0.4, 0.5) is 0 Å². The molecule has 3 aromatic carbocycles. The maximum absolute atomic E-state index is 14.7. The van der Waals surface area contributed by atoms with E-state index in [0.29, 0.717) is 24.0 Å². The van der Waals surface area contributed by atoms with Crippen LogP contribution in [-0.2, 0) is 76.8 Å². The number of nitrogens with two attached hydrogens (primary N) is 4. The lowest BCUT2D eigenvalue weighted by Gasteiger charge is -2.29. The second-order valence-electron chi connectivity index (χ2n) is 27.1. The number of hydrogen-bond donors (Lipinski definition) is 19. The number of carboxylic acid groups (broad SMARTS) is 1. The van der Waals surface area contributed by atoms with Gasteiger partial charge in [0, 0.05) is 36.5 Å². The second kappa shape index (κ2) is 42.9. The van der Waals surface area contributed by atoms with Gasteiger partial charge in [-0.1, -0.05) is 102 Å². The number of unbranched alkanes of at least 4 members (excludes halogenated alkanes) is 1. The Labute approximate surface area is 600 Å². The van der Waals surface area contributed by atoms with E-state index in [0.717, 1.165) is 23.4 Å². The van der Waals surface area contributed by atoms with Gasteiger partial charge >= 0.3 is 5.97 Å². The summed E-state index contributed by atoms with van der Waals surface area (Å²) in [4.78, 5) is 173. The van der Waals surface area contributed by atoms with Crippen molar-refractivity contribution in [3.05, 3.63) is 102 Å². The van der Waals surface area contributed by atoms with Crippen LogP contribution in [0.3, 0.4) is 0 Å². The maximum Gasteiger partial charge on any atom is 0.328 e. The van der Waals surface area contributed by atoms with E-state index in [9.17, 15) is 72.9 Å². The Balaban J connectivity index is 1.50. The lowest BCUT2D eigenvalue weighted by atomic mass is 9.98. The van der Waals surface area contributed by atoms with Crippen molar-refractivity contribution < 1.29 is 72.9 Å². The van der Waals surface area contributed by atoms with Gasteiger partial charge in [-0.3, -0.25) is 57.7 Å². The molecule has 0 aliphatic heterocycles. The Morgan fingerprint density at radius 2 is 0.913 bits per heavy atom. The average molecular weight is 1440 g/mol. The number of amides is 11. The van der Waals surface area contributed by atoms with Crippen LogP contribution in [0.5, 0.6) is 5.75 Å². The number of aromatic nitrogens is 1. The largest absolute Gasteiger partial charge is 0.508 e. The molecule has 0 aliphatic rings. The molecule has 4 rings (SSSR count). The highest BCUT2D eigenvalue weighted by Crippen LogP contribution is 2.20. The number of benzene rings is 3. The first kappa shape index (κ1) is 85.2. The third-order valence-corrected chi connectivity index (χ3v) is 16.5. The van der Waals surface area contributed by atoms with Crippen molar-refractivity contribution >= 4 is 87.8 Å². The molecule has 1 aromatic heterocycles. The zero-order chi connectivity index (χ0) is 76.6. The second-order valence-corrected chi connectivity index (χ2v) is 27.1. The molecule has 4 aromatic rings. The Morgan fingerprint density at radius 1 is 0.476 bits per heavy atom. The molecule has 0 spiro atoms. The maximum atomic E-state index is 14.7. The van der Waals surface area contributed by atoms with E-state index in [1.54, 1.807) is 78.1 Å². The molecular weight excluding hydrogens is 1330 g/mol. The van der Waals surface area contributed by atoms with Crippen LogP contribution in [0.2, 0.25) is 0 Å². The minimum absolute atomic E-state index is 0.0261. The van der Waals surface area contributed by atoms with E-state index >= 15 is 0 Å². The number of aromatic hydroxyl groups is 1. The van der Waals surface area contributed by atoms with Crippen LogP contribution in [0.15, 0.2) is 90.1 Å². The van der Waals surface area contributed by atoms with Crippen molar-refractivity contribution in [3.63, 3.8) is 0 Å². The van der Waals surface area contributed by atoms with E-state index in [1.807, 2.05) is 24.3 Å². The third-order valence-electron chi connectivity index (χ3n) is 16.5. The quantitative estimate of drug-likeness (QED) is 0.0144. The smallest absolute Gasteiger partial charge is 0.328 e. The molecule has 0 bridgehead atoms. The van der Waals surface area contributed by atoms with Crippen molar-refractivity contribution in [2.45, 2.75) is 206 Å². The summed E-state index contributed by atoms with van der Waals surface area (Å²) in [6.45, 7) is 14.3. The summed E-state index contributed by atoms with van der Waals surface area (Å²) in [6.07, 6.45) is 1.33. The highest BCUT2D eigenvalue weighted by molar-refractivity contribution is 5.99. The number of aliphatic imine (C=N–C) groups is 1. The van der Waals surface area contributed by atoms with Gasteiger partial charge in [0.15, 0.2) is 12.0 Å². The molecule has 0 unspecified atom stereocenters. The standard InChI is InChI=1S/C71H107N17O15/c1-38(2)30-53(83-60(92)41(7)79-58(91)37-78-63(95)51(23-17-29-76-71(74)75)81-62(94)49(73)35-46-36-77-50-21-14-13-20-48(46)50)66(98)82-52(22-15-16-28-72)64(96)84-54(31-39(3)4)67(99)85-55(32-40(5)6)68(100)87-57(33-44-18-11-10-12-19-44)69(101)86-56(34-45-24-26-47(90)27-25-45)65(97)80-42(8)61(93)88-59(43(9)89)70(102)103/h10-14,18-21,24-27,36,38-43,49,51-57,59,77,89-90H,15-17,22-23,28-35,37,72-73H2,1-9H3,(H,78,95)(H,79,91)(H,80,97)(H,81,94)(H,82,98)(H,83,92)(H,84,96)(H,85,99)(H,86,101)(H,87,100)(H,88,93)(H,102,103)(H4,74,75,76)/t41-,42-,43+,49-,51-,52-,53-,54-,55-,56-,57-,59-/m1/s1. The normalized spacial score (nSPS) is 14.8. The Morgan fingerprint density at radius 3 is 1.44 bits per heavy atom. The summed E-state index contributed by atoms with van der Waals surface area (Å²) in [5.41, 5.74) is 25.8. The third kappa shape index (κ3) is 30.1. The van der Waals surface area contributed by atoms with Gasteiger partial charge < -0.3 is 102 Å². The monoisotopic (exact) mass is 1440 g/mol. The van der Waals surface area contributed by atoms with E-state index in [4.69, 9.17) is 22.9 Å². The van der Waals surface area contributed by atoms with Gasteiger partial charge in [0.1, 0.15) is 60.1 Å². The average Bonchev–Trinajstić information content (AvgIpc) is 1.74. The topological polar surface area (TPSA) is 530 Å². The van der Waals surface area contributed by atoms with Crippen molar-refractivity contribution in [2.24, 2.45) is 45.7 Å². The SMILES string of the molecule is CC(C)C[C@@H](NC(=O)[C@@H](C)NC(=O)CNC(=O)[C@@H](CCCN=C(N)N)NC(=O)[C@H](N)Cc1c[nH]c2ccccc12)C(=O)N[C@H](CCCCN)C(=O)N[C@H](CC(C)C)C(=O)N[C@H](CC(C)C)C(=O)N[C@H](Cc1ccccc1)C(=O)N[C@H](Cc1ccc(O)cc1)C(=O)N[C@H](C)C(=O)N[C@@H](C(=O)O)[C@H](C)O. The molecule has 0 fully saturated rings. The number of aliphatic hydroxyl groups is 1. The van der Waals surface area contributed by atoms with Crippen molar-refractivity contribution in [2.75, 3.05) is 19.6 Å². The molecule has 32 heteroatoms. The van der Waals surface area contributed by atoms with Crippen LogP contribution in [0.25, 0.3) is 10.9 Å². The van der Waals surface area contributed by atoms with Crippen molar-refractivity contribution in [1.29, 1.82) is 0 Å². The fourth-order valence-corrected chi connectivity index (χ4v) is 11.0. The van der Waals surface area contributed by atoms with E-state index in [-0.39, 0.29) is 100 Å².